The van der Waals surface area contributed by atoms with Gasteiger partial charge in [0.15, 0.2) is 11.5 Å². The van der Waals surface area contributed by atoms with Crippen molar-refractivity contribution in [3.63, 3.8) is 0 Å². The number of carbonyl (C=O) groups excluding carboxylic acids is 1. The second kappa shape index (κ2) is 26.5. The maximum Gasteiger partial charge on any atom is 0.157 e. The highest BCUT2D eigenvalue weighted by molar-refractivity contribution is 5.82. The Hall–Kier alpha value is -1.51. The number of hydrogen-bond acceptors (Lipinski definition) is 3. The summed E-state index contributed by atoms with van der Waals surface area (Å²) >= 11 is 0. The van der Waals surface area contributed by atoms with Crippen LogP contribution in [0.5, 0.6) is 11.5 Å². The van der Waals surface area contributed by atoms with Crippen LogP contribution in [0.15, 0.2) is 12.1 Å². The third-order valence-electron chi connectivity index (χ3n) is 10.4. The van der Waals surface area contributed by atoms with Crippen LogP contribution in [0.1, 0.15) is 200 Å². The van der Waals surface area contributed by atoms with Gasteiger partial charge in [-0.15, -0.1) is 0 Å². The molecule has 0 heterocycles. The molecule has 2 N–H and O–H groups in total. The summed E-state index contributed by atoms with van der Waals surface area (Å²) in [5, 5.41) is 20.0. The topological polar surface area (TPSA) is 57.5 Å². The van der Waals surface area contributed by atoms with E-state index >= 15 is 0 Å². The van der Waals surface area contributed by atoms with Crippen LogP contribution in [0.3, 0.4) is 0 Å². The summed E-state index contributed by atoms with van der Waals surface area (Å²) in [5.41, 5.74) is 2.49. The molecule has 2 rings (SSSR count). The number of phenols is 2. The first-order valence-corrected chi connectivity index (χ1v) is 19.8. The minimum atomic E-state index is 0.0407. The van der Waals surface area contributed by atoms with Gasteiger partial charge in [0.2, 0.25) is 0 Å². The van der Waals surface area contributed by atoms with Gasteiger partial charge in [-0.1, -0.05) is 157 Å². The summed E-state index contributed by atoms with van der Waals surface area (Å²) in [6.07, 6.45) is 32.2. The molecule has 0 bridgehead atoms. The molecule has 0 radical (unpaired) electrons. The number of Topliss-reactive ketones (excluding diaryl/α,β-unsaturated/α-hetero) is 1. The van der Waals surface area contributed by atoms with Crippen molar-refractivity contribution in [3.8, 4) is 11.5 Å². The first-order valence-electron chi connectivity index (χ1n) is 19.8. The number of rotatable bonds is 24. The Morgan fingerprint density at radius 2 is 0.911 bits per heavy atom. The highest BCUT2D eigenvalue weighted by atomic mass is 16.3. The summed E-state index contributed by atoms with van der Waals surface area (Å²) < 4.78 is 0. The van der Waals surface area contributed by atoms with Gasteiger partial charge < -0.3 is 10.2 Å². The van der Waals surface area contributed by atoms with Crippen molar-refractivity contribution in [3.05, 3.63) is 23.3 Å². The highest BCUT2D eigenvalue weighted by Crippen LogP contribution is 2.34. The van der Waals surface area contributed by atoms with Gasteiger partial charge >= 0.3 is 0 Å². The SMILES string of the molecule is CC(C)C1CCC(C(C)C)C(=O)C1.CCCCCCCCCCCCc1cc(O)c(O)cc1CCCCCCCCCCCC. The lowest BCUT2D eigenvalue weighted by Gasteiger charge is -2.31. The Morgan fingerprint density at radius 1 is 0.556 bits per heavy atom. The standard InChI is InChI=1S/C30H54O2.C12H22O/c1-3-5-7-9-11-13-15-17-19-21-23-27-25-29(31)30(32)26-28(27)24-22-20-18-16-14-12-10-8-6-4-2;1-8(2)10-5-6-11(9(3)4)12(13)7-10/h25-26,31-32H,3-24H2,1-2H3;8-11H,5-7H2,1-4H3. The quantitative estimate of drug-likeness (QED) is 0.0884. The molecule has 45 heavy (non-hydrogen) atoms. The molecule has 2 atom stereocenters. The number of carbonyl (C=O) groups is 1. The van der Waals surface area contributed by atoms with E-state index in [0.29, 0.717) is 29.5 Å². The number of benzene rings is 1. The number of unbranched alkanes of at least 4 members (excludes halogenated alkanes) is 18. The average molecular weight is 629 g/mol. The monoisotopic (exact) mass is 629 g/mol. The fraction of sp³-hybridized carbons (Fsp3) is 0.833. The van der Waals surface area contributed by atoms with Gasteiger partial charge in [-0.3, -0.25) is 4.79 Å². The zero-order chi connectivity index (χ0) is 33.3. The van der Waals surface area contributed by atoms with Gasteiger partial charge in [-0.25, -0.2) is 0 Å². The molecule has 0 amide bonds. The molecule has 1 fully saturated rings. The summed E-state index contributed by atoms with van der Waals surface area (Å²) in [7, 11) is 0. The molecule has 0 spiro atoms. The fourth-order valence-electron chi connectivity index (χ4n) is 7.08. The van der Waals surface area contributed by atoms with Crippen molar-refractivity contribution >= 4 is 5.78 Å². The van der Waals surface area contributed by atoms with Gasteiger partial charge in [-0.2, -0.15) is 0 Å². The number of hydrogen-bond donors (Lipinski definition) is 2. The normalized spacial score (nSPS) is 16.8. The van der Waals surface area contributed by atoms with Crippen LogP contribution in [0, 0.1) is 23.7 Å². The summed E-state index contributed by atoms with van der Waals surface area (Å²) in [6.45, 7) is 13.3. The Labute approximate surface area is 280 Å². The van der Waals surface area contributed by atoms with E-state index in [2.05, 4.69) is 41.5 Å². The van der Waals surface area contributed by atoms with E-state index in [1.807, 2.05) is 12.1 Å². The van der Waals surface area contributed by atoms with E-state index < -0.39 is 0 Å². The average Bonchev–Trinajstić information content (AvgIpc) is 3.01. The maximum atomic E-state index is 11.8. The third-order valence-corrected chi connectivity index (χ3v) is 10.4. The maximum absolute atomic E-state index is 11.8. The van der Waals surface area contributed by atoms with E-state index in [9.17, 15) is 15.0 Å². The fourth-order valence-corrected chi connectivity index (χ4v) is 7.08. The first kappa shape index (κ1) is 41.5. The highest BCUT2D eigenvalue weighted by Gasteiger charge is 2.31. The Morgan fingerprint density at radius 3 is 1.22 bits per heavy atom. The van der Waals surface area contributed by atoms with E-state index in [4.69, 9.17) is 0 Å². The van der Waals surface area contributed by atoms with Crippen molar-refractivity contribution in [2.45, 2.75) is 202 Å². The molecular formula is C42H76O3. The molecule has 3 heteroatoms. The molecule has 0 aromatic heterocycles. The first-order chi connectivity index (χ1) is 21.7. The Balaban J connectivity index is 0.000000645. The van der Waals surface area contributed by atoms with E-state index in [0.717, 1.165) is 25.7 Å². The van der Waals surface area contributed by atoms with Crippen LogP contribution in [0.2, 0.25) is 0 Å². The van der Waals surface area contributed by atoms with Gasteiger partial charge in [0.05, 0.1) is 0 Å². The largest absolute Gasteiger partial charge is 0.504 e. The summed E-state index contributed by atoms with van der Waals surface area (Å²) in [5.74, 6) is 2.83. The number of phenolic OH excluding ortho intramolecular Hbond substituents is 2. The number of aryl methyl sites for hydroxylation is 2. The second-order valence-corrected chi connectivity index (χ2v) is 15.1. The van der Waals surface area contributed by atoms with Gasteiger partial charge in [-0.05, 0) is 79.5 Å². The van der Waals surface area contributed by atoms with Crippen LogP contribution >= 0.6 is 0 Å². The Bertz CT molecular complexity index is 809. The zero-order valence-corrected chi connectivity index (χ0v) is 30.9. The lowest BCUT2D eigenvalue weighted by Crippen LogP contribution is -2.30. The predicted molar refractivity (Wildman–Crippen MR) is 196 cm³/mol. The summed E-state index contributed by atoms with van der Waals surface area (Å²) in [4.78, 5) is 11.8. The minimum absolute atomic E-state index is 0.0407. The second-order valence-electron chi connectivity index (χ2n) is 15.1. The van der Waals surface area contributed by atoms with Gasteiger partial charge in [0.25, 0.3) is 0 Å². The molecule has 1 saturated carbocycles. The molecular weight excluding hydrogens is 552 g/mol. The van der Waals surface area contributed by atoms with Crippen molar-refractivity contribution < 1.29 is 15.0 Å². The molecule has 3 nitrogen and oxygen atoms in total. The van der Waals surface area contributed by atoms with E-state index in [1.165, 1.54) is 146 Å². The minimum Gasteiger partial charge on any atom is -0.504 e. The Kier molecular flexibility index (Phi) is 24.5. The van der Waals surface area contributed by atoms with Crippen LogP contribution in [0.4, 0.5) is 0 Å². The zero-order valence-electron chi connectivity index (χ0n) is 30.9. The molecule has 1 aromatic rings. The molecule has 1 aromatic carbocycles. The molecule has 0 aliphatic heterocycles. The molecule has 2 unspecified atom stereocenters. The lowest BCUT2D eigenvalue weighted by molar-refractivity contribution is -0.128. The van der Waals surface area contributed by atoms with Gasteiger partial charge in [0, 0.05) is 12.3 Å². The number of aromatic hydroxyl groups is 2. The van der Waals surface area contributed by atoms with Crippen LogP contribution in [-0.2, 0) is 17.6 Å². The van der Waals surface area contributed by atoms with Crippen molar-refractivity contribution in [1.29, 1.82) is 0 Å². The van der Waals surface area contributed by atoms with Gasteiger partial charge in [0.1, 0.15) is 5.78 Å². The van der Waals surface area contributed by atoms with Crippen LogP contribution < -0.4 is 0 Å². The number of ketones is 1. The molecule has 0 saturated heterocycles. The predicted octanol–water partition coefficient (Wildman–Crippen LogP) is 13.3. The van der Waals surface area contributed by atoms with Crippen molar-refractivity contribution in [2.24, 2.45) is 23.7 Å². The van der Waals surface area contributed by atoms with Crippen LogP contribution in [0.25, 0.3) is 0 Å². The molecule has 262 valence electrons. The van der Waals surface area contributed by atoms with Crippen molar-refractivity contribution in [1.82, 2.24) is 0 Å². The van der Waals surface area contributed by atoms with Crippen molar-refractivity contribution in [2.75, 3.05) is 0 Å². The third kappa shape index (κ3) is 19.7. The van der Waals surface area contributed by atoms with E-state index in [1.54, 1.807) is 0 Å². The lowest BCUT2D eigenvalue weighted by atomic mass is 9.73. The molecule has 1 aliphatic carbocycles. The smallest absolute Gasteiger partial charge is 0.157 e. The van der Waals surface area contributed by atoms with Crippen LogP contribution in [-0.4, -0.2) is 16.0 Å². The molecule has 1 aliphatic rings. The van der Waals surface area contributed by atoms with E-state index in [-0.39, 0.29) is 11.5 Å². The summed E-state index contributed by atoms with van der Waals surface area (Å²) in [6, 6.07) is 3.63.